The molecule has 0 unspecified atom stereocenters. The van der Waals surface area contributed by atoms with Crippen LogP contribution in [0.4, 0.5) is 0 Å². The van der Waals surface area contributed by atoms with E-state index in [2.05, 4.69) is 16.8 Å². The number of aliphatic imine (C=N–C) groups is 1. The van der Waals surface area contributed by atoms with Crippen LogP contribution in [0.3, 0.4) is 0 Å². The van der Waals surface area contributed by atoms with E-state index in [9.17, 15) is 0 Å². The van der Waals surface area contributed by atoms with Gasteiger partial charge in [0.25, 0.3) is 0 Å². The standard InChI is InChI=1S/C11H20N2/c1-2-10-6-8-13(9-7-12-10)11-4-3-5-11/h11H,2-9H2,1H3. The van der Waals surface area contributed by atoms with E-state index in [0.717, 1.165) is 19.0 Å². The average molecular weight is 180 g/mol. The molecule has 0 atom stereocenters. The lowest BCUT2D eigenvalue weighted by Crippen LogP contribution is -2.41. The summed E-state index contributed by atoms with van der Waals surface area (Å²) in [7, 11) is 0. The van der Waals surface area contributed by atoms with Crippen molar-refractivity contribution in [3.63, 3.8) is 0 Å². The van der Waals surface area contributed by atoms with Crippen molar-refractivity contribution in [3.8, 4) is 0 Å². The molecular formula is C11H20N2. The molecule has 0 aromatic carbocycles. The van der Waals surface area contributed by atoms with E-state index < -0.39 is 0 Å². The largest absolute Gasteiger partial charge is 0.298 e. The van der Waals surface area contributed by atoms with Crippen LogP contribution in [0.1, 0.15) is 39.0 Å². The molecule has 0 aromatic heterocycles. The van der Waals surface area contributed by atoms with Crippen molar-refractivity contribution in [2.24, 2.45) is 4.99 Å². The molecule has 2 heteroatoms. The second-order valence-corrected chi connectivity index (χ2v) is 4.17. The van der Waals surface area contributed by atoms with Gasteiger partial charge in [0.15, 0.2) is 0 Å². The summed E-state index contributed by atoms with van der Waals surface area (Å²) in [5.41, 5.74) is 1.43. The van der Waals surface area contributed by atoms with E-state index in [4.69, 9.17) is 0 Å². The molecule has 1 saturated carbocycles. The van der Waals surface area contributed by atoms with Crippen LogP contribution in [0.25, 0.3) is 0 Å². The van der Waals surface area contributed by atoms with Gasteiger partial charge in [-0.25, -0.2) is 0 Å². The summed E-state index contributed by atoms with van der Waals surface area (Å²) in [5, 5.41) is 0. The predicted octanol–water partition coefficient (Wildman–Crippen LogP) is 2.10. The summed E-state index contributed by atoms with van der Waals surface area (Å²) in [6.07, 6.45) is 6.68. The Balaban J connectivity index is 1.84. The molecular weight excluding hydrogens is 160 g/mol. The predicted molar refractivity (Wildman–Crippen MR) is 56.4 cm³/mol. The van der Waals surface area contributed by atoms with Gasteiger partial charge in [0.2, 0.25) is 0 Å². The first-order valence-electron chi connectivity index (χ1n) is 5.66. The fraction of sp³-hybridized carbons (Fsp3) is 0.909. The summed E-state index contributed by atoms with van der Waals surface area (Å²) >= 11 is 0. The van der Waals surface area contributed by atoms with Gasteiger partial charge in [-0.1, -0.05) is 13.3 Å². The molecule has 0 spiro atoms. The minimum Gasteiger partial charge on any atom is -0.298 e. The molecule has 1 heterocycles. The van der Waals surface area contributed by atoms with Crippen molar-refractivity contribution in [2.75, 3.05) is 19.6 Å². The van der Waals surface area contributed by atoms with Gasteiger partial charge in [0, 0.05) is 24.8 Å². The highest BCUT2D eigenvalue weighted by Crippen LogP contribution is 2.25. The minimum absolute atomic E-state index is 0.909. The third-order valence-corrected chi connectivity index (χ3v) is 3.41. The van der Waals surface area contributed by atoms with Gasteiger partial charge in [-0.15, -0.1) is 0 Å². The van der Waals surface area contributed by atoms with Crippen LogP contribution >= 0.6 is 0 Å². The zero-order chi connectivity index (χ0) is 9.10. The van der Waals surface area contributed by atoms with Crippen molar-refractivity contribution in [3.05, 3.63) is 0 Å². The third kappa shape index (κ3) is 2.11. The minimum atomic E-state index is 0.909. The van der Waals surface area contributed by atoms with E-state index in [1.54, 1.807) is 0 Å². The van der Waals surface area contributed by atoms with E-state index >= 15 is 0 Å². The number of hydrogen-bond donors (Lipinski definition) is 0. The number of nitrogens with zero attached hydrogens (tertiary/aromatic N) is 2. The van der Waals surface area contributed by atoms with Crippen LogP contribution in [0.2, 0.25) is 0 Å². The second-order valence-electron chi connectivity index (χ2n) is 4.17. The van der Waals surface area contributed by atoms with E-state index in [1.165, 1.54) is 44.5 Å². The lowest BCUT2D eigenvalue weighted by Gasteiger charge is -2.36. The van der Waals surface area contributed by atoms with E-state index in [-0.39, 0.29) is 0 Å². The molecule has 2 aliphatic rings. The molecule has 0 N–H and O–H groups in total. The zero-order valence-electron chi connectivity index (χ0n) is 8.63. The normalized spacial score (nSPS) is 26.4. The zero-order valence-corrected chi connectivity index (χ0v) is 8.63. The van der Waals surface area contributed by atoms with Crippen molar-refractivity contribution >= 4 is 5.71 Å². The molecule has 2 rings (SSSR count). The quantitative estimate of drug-likeness (QED) is 0.635. The van der Waals surface area contributed by atoms with Gasteiger partial charge < -0.3 is 0 Å². The first kappa shape index (κ1) is 9.20. The summed E-state index contributed by atoms with van der Waals surface area (Å²) in [5.74, 6) is 0. The first-order chi connectivity index (χ1) is 6.40. The lowest BCUT2D eigenvalue weighted by molar-refractivity contribution is 0.137. The Labute approximate surface area is 81.0 Å². The van der Waals surface area contributed by atoms with Crippen LogP contribution < -0.4 is 0 Å². The van der Waals surface area contributed by atoms with E-state index in [1.807, 2.05) is 0 Å². The average Bonchev–Trinajstić information content (AvgIpc) is 2.27. The molecule has 74 valence electrons. The van der Waals surface area contributed by atoms with Gasteiger partial charge in [0.05, 0.1) is 6.54 Å². The molecule has 1 aliphatic carbocycles. The van der Waals surface area contributed by atoms with Gasteiger partial charge >= 0.3 is 0 Å². The maximum atomic E-state index is 4.61. The van der Waals surface area contributed by atoms with E-state index in [0.29, 0.717) is 0 Å². The number of hydrogen-bond acceptors (Lipinski definition) is 2. The second kappa shape index (κ2) is 4.23. The Morgan fingerprint density at radius 1 is 1.38 bits per heavy atom. The van der Waals surface area contributed by atoms with Crippen molar-refractivity contribution in [1.29, 1.82) is 0 Å². The summed E-state index contributed by atoms with van der Waals surface area (Å²) < 4.78 is 0. The Kier molecular flexibility index (Phi) is 2.99. The van der Waals surface area contributed by atoms with Crippen LogP contribution in [-0.4, -0.2) is 36.3 Å². The van der Waals surface area contributed by atoms with Crippen LogP contribution in [0.15, 0.2) is 4.99 Å². The van der Waals surface area contributed by atoms with Crippen molar-refractivity contribution in [1.82, 2.24) is 4.90 Å². The molecule has 0 bridgehead atoms. The molecule has 0 aromatic rings. The lowest BCUT2D eigenvalue weighted by atomic mass is 9.91. The smallest absolute Gasteiger partial charge is 0.0516 e. The summed E-state index contributed by atoms with van der Waals surface area (Å²) in [6.45, 7) is 5.73. The fourth-order valence-corrected chi connectivity index (χ4v) is 2.21. The Bertz CT molecular complexity index is 194. The highest BCUT2D eigenvalue weighted by molar-refractivity contribution is 5.84. The van der Waals surface area contributed by atoms with Crippen LogP contribution in [0.5, 0.6) is 0 Å². The third-order valence-electron chi connectivity index (χ3n) is 3.41. The molecule has 0 amide bonds. The molecule has 1 aliphatic heterocycles. The van der Waals surface area contributed by atoms with Crippen LogP contribution in [0, 0.1) is 0 Å². The maximum Gasteiger partial charge on any atom is 0.0516 e. The molecule has 2 nitrogen and oxygen atoms in total. The Morgan fingerprint density at radius 2 is 2.23 bits per heavy atom. The highest BCUT2D eigenvalue weighted by atomic mass is 15.2. The highest BCUT2D eigenvalue weighted by Gasteiger charge is 2.25. The first-order valence-corrected chi connectivity index (χ1v) is 5.66. The molecule has 13 heavy (non-hydrogen) atoms. The number of rotatable bonds is 2. The SMILES string of the molecule is CCC1=NCCN(C2CCC2)CC1. The topological polar surface area (TPSA) is 15.6 Å². The van der Waals surface area contributed by atoms with Gasteiger partial charge in [-0.2, -0.15) is 0 Å². The molecule has 0 saturated heterocycles. The maximum absolute atomic E-state index is 4.61. The summed E-state index contributed by atoms with van der Waals surface area (Å²) in [4.78, 5) is 7.26. The summed E-state index contributed by atoms with van der Waals surface area (Å²) in [6, 6.07) is 0.909. The fourth-order valence-electron chi connectivity index (χ4n) is 2.21. The van der Waals surface area contributed by atoms with Crippen LogP contribution in [-0.2, 0) is 0 Å². The molecule has 1 fully saturated rings. The van der Waals surface area contributed by atoms with Crippen molar-refractivity contribution in [2.45, 2.75) is 45.1 Å². The Morgan fingerprint density at radius 3 is 2.85 bits per heavy atom. The Hall–Kier alpha value is -0.370. The monoisotopic (exact) mass is 180 g/mol. The van der Waals surface area contributed by atoms with Gasteiger partial charge in [-0.05, 0) is 25.7 Å². The van der Waals surface area contributed by atoms with Gasteiger partial charge in [0.1, 0.15) is 0 Å². The van der Waals surface area contributed by atoms with Crippen molar-refractivity contribution < 1.29 is 0 Å². The molecule has 0 radical (unpaired) electrons. The van der Waals surface area contributed by atoms with Gasteiger partial charge in [-0.3, -0.25) is 9.89 Å².